The van der Waals surface area contributed by atoms with E-state index in [1.807, 2.05) is 6.07 Å². The standard InChI is InChI=1S/C12H16ClNO2/c1-15-11-5-8(7-14-9-3-4-9)10(13)6-12(11)16-2/h5-6,9,14H,3-4,7H2,1-2H3. The van der Waals surface area contributed by atoms with Gasteiger partial charge in [-0.3, -0.25) is 0 Å². The summed E-state index contributed by atoms with van der Waals surface area (Å²) in [6.45, 7) is 0.782. The molecule has 1 fully saturated rings. The minimum Gasteiger partial charge on any atom is -0.493 e. The first-order chi connectivity index (χ1) is 7.74. The summed E-state index contributed by atoms with van der Waals surface area (Å²) in [6, 6.07) is 4.39. The van der Waals surface area contributed by atoms with Gasteiger partial charge in [-0.05, 0) is 24.5 Å². The monoisotopic (exact) mass is 241 g/mol. The predicted molar refractivity (Wildman–Crippen MR) is 64.4 cm³/mol. The van der Waals surface area contributed by atoms with Gasteiger partial charge < -0.3 is 14.8 Å². The number of halogens is 1. The van der Waals surface area contributed by atoms with E-state index in [0.29, 0.717) is 16.8 Å². The molecule has 16 heavy (non-hydrogen) atoms. The fourth-order valence-electron chi connectivity index (χ4n) is 1.57. The number of nitrogens with one attached hydrogen (secondary N) is 1. The third kappa shape index (κ3) is 2.60. The highest BCUT2D eigenvalue weighted by Crippen LogP contribution is 2.33. The van der Waals surface area contributed by atoms with Crippen molar-refractivity contribution in [3.63, 3.8) is 0 Å². The topological polar surface area (TPSA) is 30.5 Å². The smallest absolute Gasteiger partial charge is 0.162 e. The van der Waals surface area contributed by atoms with Crippen LogP contribution in [0.3, 0.4) is 0 Å². The molecule has 1 aliphatic carbocycles. The van der Waals surface area contributed by atoms with Gasteiger partial charge in [0.1, 0.15) is 0 Å². The second-order valence-corrected chi connectivity index (χ2v) is 4.36. The third-order valence-corrected chi connectivity index (χ3v) is 3.06. The molecule has 1 saturated carbocycles. The van der Waals surface area contributed by atoms with Crippen LogP contribution >= 0.6 is 11.6 Å². The lowest BCUT2D eigenvalue weighted by Gasteiger charge is -2.12. The van der Waals surface area contributed by atoms with E-state index >= 15 is 0 Å². The van der Waals surface area contributed by atoms with E-state index < -0.39 is 0 Å². The van der Waals surface area contributed by atoms with Gasteiger partial charge in [-0.1, -0.05) is 11.6 Å². The highest BCUT2D eigenvalue weighted by molar-refractivity contribution is 6.31. The van der Waals surface area contributed by atoms with Crippen molar-refractivity contribution < 1.29 is 9.47 Å². The molecule has 1 aromatic rings. The Morgan fingerprint density at radius 3 is 2.44 bits per heavy atom. The first kappa shape index (κ1) is 11.6. The van der Waals surface area contributed by atoms with Gasteiger partial charge in [-0.25, -0.2) is 0 Å². The summed E-state index contributed by atoms with van der Waals surface area (Å²) in [7, 11) is 3.24. The van der Waals surface area contributed by atoms with Crippen molar-refractivity contribution in [2.45, 2.75) is 25.4 Å². The molecule has 0 bridgehead atoms. The van der Waals surface area contributed by atoms with Crippen LogP contribution in [0.1, 0.15) is 18.4 Å². The fourth-order valence-corrected chi connectivity index (χ4v) is 1.79. The maximum absolute atomic E-state index is 6.17. The van der Waals surface area contributed by atoms with Crippen LogP contribution in [-0.2, 0) is 6.54 Å². The van der Waals surface area contributed by atoms with Gasteiger partial charge in [0.2, 0.25) is 0 Å². The molecule has 0 spiro atoms. The van der Waals surface area contributed by atoms with Crippen LogP contribution in [0.5, 0.6) is 11.5 Å². The molecular formula is C12H16ClNO2. The van der Waals surface area contributed by atoms with Crippen molar-refractivity contribution >= 4 is 11.6 Å². The van der Waals surface area contributed by atoms with E-state index in [-0.39, 0.29) is 0 Å². The summed E-state index contributed by atoms with van der Waals surface area (Å²) in [5.41, 5.74) is 1.05. The van der Waals surface area contributed by atoms with Crippen LogP contribution in [0.15, 0.2) is 12.1 Å². The molecule has 0 heterocycles. The lowest BCUT2D eigenvalue weighted by molar-refractivity contribution is 0.354. The van der Waals surface area contributed by atoms with Gasteiger partial charge >= 0.3 is 0 Å². The van der Waals surface area contributed by atoms with Gasteiger partial charge in [-0.2, -0.15) is 0 Å². The number of ether oxygens (including phenoxy) is 2. The lowest BCUT2D eigenvalue weighted by atomic mass is 10.2. The van der Waals surface area contributed by atoms with Crippen molar-refractivity contribution in [3.8, 4) is 11.5 Å². The average molecular weight is 242 g/mol. The molecular weight excluding hydrogens is 226 g/mol. The number of hydrogen-bond acceptors (Lipinski definition) is 3. The second-order valence-electron chi connectivity index (χ2n) is 3.95. The van der Waals surface area contributed by atoms with Crippen molar-refractivity contribution in [1.82, 2.24) is 5.32 Å². The second kappa shape index (κ2) is 4.93. The van der Waals surface area contributed by atoms with E-state index in [2.05, 4.69) is 5.32 Å². The first-order valence-corrected chi connectivity index (χ1v) is 5.76. The molecule has 0 aromatic heterocycles. The zero-order valence-electron chi connectivity index (χ0n) is 9.55. The Labute approximate surface area is 101 Å². The molecule has 1 aromatic carbocycles. The minimum absolute atomic E-state index is 0.669. The number of rotatable bonds is 5. The Hall–Kier alpha value is -0.930. The summed E-state index contributed by atoms with van der Waals surface area (Å²) >= 11 is 6.17. The number of methoxy groups -OCH3 is 2. The maximum Gasteiger partial charge on any atom is 0.162 e. The molecule has 0 aliphatic heterocycles. The molecule has 2 rings (SSSR count). The highest BCUT2D eigenvalue weighted by atomic mass is 35.5. The molecule has 4 heteroatoms. The molecule has 0 saturated heterocycles. The Morgan fingerprint density at radius 2 is 1.88 bits per heavy atom. The molecule has 88 valence electrons. The van der Waals surface area contributed by atoms with E-state index in [1.165, 1.54) is 12.8 Å². The van der Waals surface area contributed by atoms with Crippen LogP contribution < -0.4 is 14.8 Å². The van der Waals surface area contributed by atoms with E-state index in [1.54, 1.807) is 20.3 Å². The van der Waals surface area contributed by atoms with E-state index in [0.717, 1.165) is 17.9 Å². The van der Waals surface area contributed by atoms with Crippen LogP contribution in [0.2, 0.25) is 5.02 Å². The van der Waals surface area contributed by atoms with Crippen LogP contribution in [0.4, 0.5) is 0 Å². The normalized spacial score (nSPS) is 14.9. The Kier molecular flexibility index (Phi) is 3.56. The van der Waals surface area contributed by atoms with E-state index in [9.17, 15) is 0 Å². The molecule has 0 unspecified atom stereocenters. The van der Waals surface area contributed by atoms with Gasteiger partial charge in [0.05, 0.1) is 14.2 Å². The quantitative estimate of drug-likeness (QED) is 0.860. The Bertz CT molecular complexity index is 378. The largest absolute Gasteiger partial charge is 0.493 e. The predicted octanol–water partition coefficient (Wildman–Crippen LogP) is 2.61. The zero-order valence-corrected chi connectivity index (χ0v) is 10.3. The van der Waals surface area contributed by atoms with E-state index in [4.69, 9.17) is 21.1 Å². The van der Waals surface area contributed by atoms with Crippen LogP contribution in [-0.4, -0.2) is 20.3 Å². The fraction of sp³-hybridized carbons (Fsp3) is 0.500. The number of hydrogen-bond donors (Lipinski definition) is 1. The van der Waals surface area contributed by atoms with Gasteiger partial charge in [0, 0.05) is 23.7 Å². The van der Waals surface area contributed by atoms with Crippen molar-refractivity contribution in [1.29, 1.82) is 0 Å². The van der Waals surface area contributed by atoms with Crippen LogP contribution in [0.25, 0.3) is 0 Å². The first-order valence-electron chi connectivity index (χ1n) is 5.38. The summed E-state index contributed by atoms with van der Waals surface area (Å²) in [4.78, 5) is 0. The molecule has 3 nitrogen and oxygen atoms in total. The molecule has 0 radical (unpaired) electrons. The van der Waals surface area contributed by atoms with Crippen molar-refractivity contribution in [2.24, 2.45) is 0 Å². The third-order valence-electron chi connectivity index (χ3n) is 2.71. The van der Waals surface area contributed by atoms with Crippen LogP contribution in [0, 0.1) is 0 Å². The summed E-state index contributed by atoms with van der Waals surface area (Å²) in [6.07, 6.45) is 2.54. The van der Waals surface area contributed by atoms with Crippen molar-refractivity contribution in [2.75, 3.05) is 14.2 Å². The Balaban J connectivity index is 2.15. The molecule has 1 aliphatic rings. The van der Waals surface area contributed by atoms with Gasteiger partial charge in [-0.15, -0.1) is 0 Å². The minimum atomic E-state index is 0.669. The van der Waals surface area contributed by atoms with Gasteiger partial charge in [0.25, 0.3) is 0 Å². The molecule has 0 atom stereocenters. The molecule has 0 amide bonds. The maximum atomic E-state index is 6.17. The van der Waals surface area contributed by atoms with Crippen molar-refractivity contribution in [3.05, 3.63) is 22.7 Å². The zero-order chi connectivity index (χ0) is 11.5. The summed E-state index contributed by atoms with van der Waals surface area (Å²) in [5, 5.41) is 4.14. The average Bonchev–Trinajstić information content (AvgIpc) is 3.11. The summed E-state index contributed by atoms with van der Waals surface area (Å²) in [5.74, 6) is 1.39. The molecule has 1 N–H and O–H groups in total. The highest BCUT2D eigenvalue weighted by Gasteiger charge is 2.20. The van der Waals surface area contributed by atoms with Gasteiger partial charge in [0.15, 0.2) is 11.5 Å². The SMILES string of the molecule is COc1cc(Cl)c(CNC2CC2)cc1OC. The Morgan fingerprint density at radius 1 is 1.25 bits per heavy atom. The summed E-state index contributed by atoms with van der Waals surface area (Å²) < 4.78 is 10.4. The lowest BCUT2D eigenvalue weighted by Crippen LogP contribution is -2.15. The number of benzene rings is 1.